The van der Waals surface area contributed by atoms with Gasteiger partial charge in [-0.3, -0.25) is 4.39 Å². The van der Waals surface area contributed by atoms with Gasteiger partial charge in [-0.1, -0.05) is 29.4 Å². The first-order valence-electron chi connectivity index (χ1n) is 5.80. The lowest BCUT2D eigenvalue weighted by Gasteiger charge is -2.20. The van der Waals surface area contributed by atoms with E-state index >= 15 is 0 Å². The average Bonchev–Trinajstić information content (AvgIpc) is 2.38. The first-order valence-corrected chi connectivity index (χ1v) is 7.87. The molecule has 0 aliphatic heterocycles. The van der Waals surface area contributed by atoms with Crippen LogP contribution < -0.4 is 0 Å². The SMILES string of the molecule is CO[C@H](c1ccc(CS(C)(=O)=O)cc1)C(CF)N=[N+]=[N-]. The van der Waals surface area contributed by atoms with Crippen LogP contribution in [0.15, 0.2) is 29.4 Å². The number of nitrogens with zero attached hydrogens (tertiary/aromatic N) is 3. The van der Waals surface area contributed by atoms with Gasteiger partial charge in [-0.15, -0.1) is 0 Å². The van der Waals surface area contributed by atoms with Gasteiger partial charge in [-0.05, 0) is 16.7 Å². The number of hydrogen-bond acceptors (Lipinski definition) is 4. The summed E-state index contributed by atoms with van der Waals surface area (Å²) in [4.78, 5) is 2.59. The molecule has 8 heteroatoms. The normalized spacial score (nSPS) is 14.3. The summed E-state index contributed by atoms with van der Waals surface area (Å²) in [5.41, 5.74) is 9.66. The number of sulfone groups is 1. The Morgan fingerprint density at radius 2 is 2.00 bits per heavy atom. The molecule has 0 heterocycles. The second-order valence-corrected chi connectivity index (χ2v) is 6.53. The van der Waals surface area contributed by atoms with E-state index in [0.29, 0.717) is 11.1 Å². The molecule has 1 aromatic rings. The van der Waals surface area contributed by atoms with Gasteiger partial charge >= 0.3 is 0 Å². The zero-order chi connectivity index (χ0) is 15.2. The maximum atomic E-state index is 12.8. The van der Waals surface area contributed by atoms with E-state index in [1.54, 1.807) is 24.3 Å². The highest BCUT2D eigenvalue weighted by Crippen LogP contribution is 2.24. The Hall–Kier alpha value is -1.63. The fourth-order valence-corrected chi connectivity index (χ4v) is 2.66. The van der Waals surface area contributed by atoms with Crippen LogP contribution in [0.25, 0.3) is 10.4 Å². The summed E-state index contributed by atoms with van der Waals surface area (Å²) >= 11 is 0. The number of ether oxygens (including phenoxy) is 1. The van der Waals surface area contributed by atoms with Gasteiger partial charge in [0.1, 0.15) is 6.67 Å². The van der Waals surface area contributed by atoms with Crippen LogP contribution in [0.4, 0.5) is 4.39 Å². The highest BCUT2D eigenvalue weighted by molar-refractivity contribution is 7.89. The second kappa shape index (κ2) is 7.23. The molecule has 1 unspecified atom stereocenters. The van der Waals surface area contributed by atoms with Gasteiger partial charge in [-0.25, -0.2) is 8.42 Å². The van der Waals surface area contributed by atoms with Crippen molar-refractivity contribution in [3.8, 4) is 0 Å². The lowest BCUT2D eigenvalue weighted by molar-refractivity contribution is 0.0722. The van der Waals surface area contributed by atoms with Crippen molar-refractivity contribution in [1.82, 2.24) is 0 Å². The van der Waals surface area contributed by atoms with Crippen molar-refractivity contribution >= 4 is 9.84 Å². The molecule has 1 aromatic carbocycles. The molecule has 0 amide bonds. The molecule has 0 aliphatic carbocycles. The van der Waals surface area contributed by atoms with Crippen LogP contribution in [0.2, 0.25) is 0 Å². The summed E-state index contributed by atoms with van der Waals surface area (Å²) in [5, 5.41) is 3.36. The molecule has 0 bridgehead atoms. The van der Waals surface area contributed by atoms with E-state index in [0.717, 1.165) is 6.26 Å². The second-order valence-electron chi connectivity index (χ2n) is 4.39. The molecular weight excluding hydrogens is 285 g/mol. The number of benzene rings is 1. The molecule has 1 rings (SSSR count). The summed E-state index contributed by atoms with van der Waals surface area (Å²) in [7, 11) is -1.71. The maximum absolute atomic E-state index is 12.8. The van der Waals surface area contributed by atoms with Crippen molar-refractivity contribution in [2.75, 3.05) is 20.0 Å². The predicted octanol–water partition coefficient (Wildman–Crippen LogP) is 2.57. The van der Waals surface area contributed by atoms with Crippen molar-refractivity contribution < 1.29 is 17.5 Å². The van der Waals surface area contributed by atoms with Gasteiger partial charge in [0.2, 0.25) is 0 Å². The van der Waals surface area contributed by atoms with Crippen LogP contribution in [0, 0.1) is 0 Å². The van der Waals surface area contributed by atoms with E-state index in [2.05, 4.69) is 10.0 Å². The molecule has 6 nitrogen and oxygen atoms in total. The lowest BCUT2D eigenvalue weighted by atomic mass is 10.0. The molecule has 0 fully saturated rings. The maximum Gasteiger partial charge on any atom is 0.151 e. The zero-order valence-electron chi connectivity index (χ0n) is 11.2. The fourth-order valence-electron chi connectivity index (χ4n) is 1.86. The summed E-state index contributed by atoms with van der Waals surface area (Å²) in [5.74, 6) is -0.0617. The number of hydrogen-bond donors (Lipinski definition) is 0. The van der Waals surface area contributed by atoms with Gasteiger partial charge in [0.05, 0.1) is 17.9 Å². The number of methoxy groups -OCH3 is 1. The van der Waals surface area contributed by atoms with Gasteiger partial charge in [0.15, 0.2) is 9.84 Å². The molecular formula is C12H16FN3O3S. The number of alkyl halides is 1. The summed E-state index contributed by atoms with van der Waals surface area (Å²) in [6.07, 6.45) is 0.447. The highest BCUT2D eigenvalue weighted by Gasteiger charge is 2.22. The number of halogens is 1. The van der Waals surface area contributed by atoms with E-state index in [4.69, 9.17) is 10.3 Å². The molecule has 20 heavy (non-hydrogen) atoms. The van der Waals surface area contributed by atoms with E-state index in [9.17, 15) is 12.8 Å². The minimum Gasteiger partial charge on any atom is -0.376 e. The van der Waals surface area contributed by atoms with Gasteiger partial charge < -0.3 is 4.74 Å². The Bertz CT molecular complexity index is 582. The van der Waals surface area contributed by atoms with Crippen LogP contribution in [-0.4, -0.2) is 34.5 Å². The molecule has 0 spiro atoms. The Labute approximate surface area is 117 Å². The van der Waals surface area contributed by atoms with Crippen molar-refractivity contribution in [3.63, 3.8) is 0 Å². The Kier molecular flexibility index (Phi) is 5.94. The molecule has 0 N–H and O–H groups in total. The van der Waals surface area contributed by atoms with Crippen LogP contribution in [-0.2, 0) is 20.3 Å². The summed E-state index contributed by atoms with van der Waals surface area (Å²) in [6, 6.07) is 5.60. The molecule has 0 saturated heterocycles. The Balaban J connectivity index is 2.97. The van der Waals surface area contributed by atoms with E-state index in [1.807, 2.05) is 0 Å². The van der Waals surface area contributed by atoms with E-state index in [1.165, 1.54) is 7.11 Å². The molecule has 2 atom stereocenters. The van der Waals surface area contributed by atoms with Crippen molar-refractivity contribution in [1.29, 1.82) is 0 Å². The first kappa shape index (κ1) is 16.4. The number of rotatable bonds is 7. The summed E-state index contributed by atoms with van der Waals surface area (Å²) < 4.78 is 40.4. The average molecular weight is 301 g/mol. The molecule has 0 aliphatic rings. The van der Waals surface area contributed by atoms with E-state index in [-0.39, 0.29) is 5.75 Å². The van der Waals surface area contributed by atoms with Crippen molar-refractivity contribution in [2.24, 2.45) is 5.11 Å². The fraction of sp³-hybridized carbons (Fsp3) is 0.500. The Morgan fingerprint density at radius 1 is 1.40 bits per heavy atom. The van der Waals surface area contributed by atoms with Crippen LogP contribution >= 0.6 is 0 Å². The third-order valence-corrected chi connectivity index (χ3v) is 3.56. The largest absolute Gasteiger partial charge is 0.376 e. The lowest BCUT2D eigenvalue weighted by Crippen LogP contribution is -2.20. The number of azide groups is 1. The van der Waals surface area contributed by atoms with Crippen LogP contribution in [0.3, 0.4) is 0 Å². The van der Waals surface area contributed by atoms with Crippen LogP contribution in [0.5, 0.6) is 0 Å². The molecule has 110 valence electrons. The molecule has 0 aromatic heterocycles. The van der Waals surface area contributed by atoms with E-state index < -0.39 is 28.7 Å². The zero-order valence-corrected chi connectivity index (χ0v) is 12.0. The third-order valence-electron chi connectivity index (χ3n) is 2.70. The smallest absolute Gasteiger partial charge is 0.151 e. The predicted molar refractivity (Wildman–Crippen MR) is 73.6 cm³/mol. The van der Waals surface area contributed by atoms with Crippen molar-refractivity contribution in [2.45, 2.75) is 17.9 Å². The van der Waals surface area contributed by atoms with Gasteiger partial charge in [0.25, 0.3) is 0 Å². The Morgan fingerprint density at radius 3 is 2.40 bits per heavy atom. The topological polar surface area (TPSA) is 92.1 Å². The first-order chi connectivity index (χ1) is 9.41. The minimum absolute atomic E-state index is 0.0617. The van der Waals surface area contributed by atoms with Gasteiger partial charge in [0, 0.05) is 18.3 Å². The van der Waals surface area contributed by atoms with Crippen LogP contribution in [0.1, 0.15) is 17.2 Å². The highest BCUT2D eigenvalue weighted by atomic mass is 32.2. The monoisotopic (exact) mass is 301 g/mol. The minimum atomic E-state index is -3.10. The standard InChI is InChI=1S/C12H16FN3O3S/c1-19-12(11(7-13)15-16-14)10-5-3-9(4-6-10)8-20(2,17)18/h3-6,11-12H,7-8H2,1-2H3/t11?,12-/m1/s1. The van der Waals surface area contributed by atoms with Crippen molar-refractivity contribution in [3.05, 3.63) is 45.8 Å². The quantitative estimate of drug-likeness (QED) is 0.440. The van der Waals surface area contributed by atoms with Gasteiger partial charge in [-0.2, -0.15) is 0 Å². The summed E-state index contributed by atoms with van der Waals surface area (Å²) in [6.45, 7) is -0.840. The third kappa shape index (κ3) is 4.80. The molecule has 0 saturated carbocycles. The molecule has 0 radical (unpaired) electrons.